The number of aryl methyl sites for hydroxylation is 2. The van der Waals surface area contributed by atoms with Gasteiger partial charge in [-0.15, -0.1) is 11.8 Å². The van der Waals surface area contributed by atoms with E-state index in [2.05, 4.69) is 22.5 Å². The van der Waals surface area contributed by atoms with Gasteiger partial charge in [0.2, 0.25) is 5.91 Å². The van der Waals surface area contributed by atoms with Crippen LogP contribution in [-0.4, -0.2) is 21.4 Å². The molecule has 5 heteroatoms. The zero-order valence-electron chi connectivity index (χ0n) is 11.1. The Morgan fingerprint density at radius 1 is 1.37 bits per heavy atom. The van der Waals surface area contributed by atoms with Crippen molar-refractivity contribution < 1.29 is 4.79 Å². The second kappa shape index (κ2) is 6.43. The lowest BCUT2D eigenvalue weighted by Crippen LogP contribution is -2.16. The van der Waals surface area contributed by atoms with Crippen molar-refractivity contribution in [3.05, 3.63) is 47.7 Å². The molecule has 1 heterocycles. The first-order valence-corrected chi connectivity index (χ1v) is 7.23. The highest BCUT2D eigenvalue weighted by molar-refractivity contribution is 7.99. The normalized spacial score (nSPS) is 10.4. The quantitative estimate of drug-likeness (QED) is 0.912. The van der Waals surface area contributed by atoms with Gasteiger partial charge in [0.25, 0.3) is 0 Å². The van der Waals surface area contributed by atoms with Crippen LogP contribution in [0.3, 0.4) is 0 Å². The average molecular weight is 275 g/mol. The molecule has 0 radical (unpaired) electrons. The number of nitrogens with zero attached hydrogens (tertiary/aromatic N) is 2. The molecule has 1 amide bonds. The number of amides is 1. The van der Waals surface area contributed by atoms with Crippen molar-refractivity contribution in [1.29, 1.82) is 0 Å². The van der Waals surface area contributed by atoms with Crippen molar-refractivity contribution in [2.75, 3.05) is 11.1 Å². The Morgan fingerprint density at radius 3 is 2.74 bits per heavy atom. The topological polar surface area (TPSA) is 46.9 Å². The van der Waals surface area contributed by atoms with Crippen LogP contribution in [0.4, 0.5) is 5.82 Å². The standard InChI is InChI=1S/C14H17N3OS/c1-11-8-13(17(2)16-11)15-14(18)10-19-9-12-6-4-3-5-7-12/h3-8H,9-10H2,1-2H3,(H,15,18). The molecule has 0 spiro atoms. The van der Waals surface area contributed by atoms with Gasteiger partial charge in [0.15, 0.2) is 0 Å². The summed E-state index contributed by atoms with van der Waals surface area (Å²) < 4.78 is 1.68. The third kappa shape index (κ3) is 4.13. The third-order valence-electron chi connectivity index (χ3n) is 2.61. The molecule has 1 aromatic carbocycles. The minimum absolute atomic E-state index is 0.00364. The first-order chi connectivity index (χ1) is 9.15. The highest BCUT2D eigenvalue weighted by atomic mass is 32.2. The van der Waals surface area contributed by atoms with Gasteiger partial charge in [0.1, 0.15) is 5.82 Å². The smallest absolute Gasteiger partial charge is 0.235 e. The molecule has 0 aliphatic heterocycles. The highest BCUT2D eigenvalue weighted by Gasteiger charge is 2.07. The highest BCUT2D eigenvalue weighted by Crippen LogP contribution is 2.13. The SMILES string of the molecule is Cc1cc(NC(=O)CSCc2ccccc2)n(C)n1. The van der Waals surface area contributed by atoms with E-state index >= 15 is 0 Å². The molecule has 19 heavy (non-hydrogen) atoms. The molecule has 0 saturated heterocycles. The van der Waals surface area contributed by atoms with Crippen molar-refractivity contribution in [1.82, 2.24) is 9.78 Å². The predicted octanol–water partition coefficient (Wildman–Crippen LogP) is 2.60. The molecule has 100 valence electrons. The van der Waals surface area contributed by atoms with Gasteiger partial charge in [-0.2, -0.15) is 5.10 Å². The maximum atomic E-state index is 11.8. The van der Waals surface area contributed by atoms with E-state index < -0.39 is 0 Å². The van der Waals surface area contributed by atoms with E-state index in [1.54, 1.807) is 16.4 Å². The minimum atomic E-state index is 0.00364. The van der Waals surface area contributed by atoms with Gasteiger partial charge in [-0.1, -0.05) is 30.3 Å². The zero-order chi connectivity index (χ0) is 13.7. The number of hydrogen-bond donors (Lipinski definition) is 1. The van der Waals surface area contributed by atoms with E-state index in [4.69, 9.17) is 0 Å². The molecule has 0 bridgehead atoms. The third-order valence-corrected chi connectivity index (χ3v) is 3.62. The number of carbonyl (C=O) groups is 1. The summed E-state index contributed by atoms with van der Waals surface area (Å²) in [6.45, 7) is 1.90. The van der Waals surface area contributed by atoms with E-state index in [9.17, 15) is 4.79 Å². The molecule has 0 aliphatic rings. The molecule has 0 saturated carbocycles. The van der Waals surface area contributed by atoms with Crippen LogP contribution in [0, 0.1) is 6.92 Å². The van der Waals surface area contributed by atoms with Crippen LogP contribution < -0.4 is 5.32 Å². The minimum Gasteiger partial charge on any atom is -0.310 e. The Hall–Kier alpha value is -1.75. The van der Waals surface area contributed by atoms with E-state index in [0.29, 0.717) is 5.75 Å². The van der Waals surface area contributed by atoms with Crippen molar-refractivity contribution in [2.45, 2.75) is 12.7 Å². The Bertz CT molecular complexity index is 551. The van der Waals surface area contributed by atoms with Crippen molar-refractivity contribution >= 4 is 23.5 Å². The van der Waals surface area contributed by atoms with Gasteiger partial charge < -0.3 is 5.32 Å². The second-order valence-electron chi connectivity index (χ2n) is 4.32. The fourth-order valence-electron chi connectivity index (χ4n) is 1.74. The monoisotopic (exact) mass is 275 g/mol. The summed E-state index contributed by atoms with van der Waals surface area (Å²) in [5, 5.41) is 7.05. The number of nitrogens with one attached hydrogen (secondary N) is 1. The Labute approximate surface area is 117 Å². The summed E-state index contributed by atoms with van der Waals surface area (Å²) in [6, 6.07) is 12.0. The lowest BCUT2D eigenvalue weighted by Gasteiger charge is -2.05. The summed E-state index contributed by atoms with van der Waals surface area (Å²) in [6.07, 6.45) is 0. The van der Waals surface area contributed by atoms with Gasteiger partial charge in [0.05, 0.1) is 11.4 Å². The van der Waals surface area contributed by atoms with Crippen LogP contribution in [-0.2, 0) is 17.6 Å². The summed E-state index contributed by atoms with van der Waals surface area (Å²) >= 11 is 1.60. The van der Waals surface area contributed by atoms with Crippen LogP contribution in [0.15, 0.2) is 36.4 Å². The fraction of sp³-hybridized carbons (Fsp3) is 0.286. The van der Waals surface area contributed by atoms with Gasteiger partial charge in [-0.3, -0.25) is 9.48 Å². The Balaban J connectivity index is 1.78. The maximum absolute atomic E-state index is 11.8. The molecular weight excluding hydrogens is 258 g/mol. The number of aromatic nitrogens is 2. The molecule has 0 fully saturated rings. The predicted molar refractivity (Wildman–Crippen MR) is 79.2 cm³/mol. The van der Waals surface area contributed by atoms with Gasteiger partial charge in [-0.05, 0) is 12.5 Å². The molecule has 1 N–H and O–H groups in total. The molecule has 0 aliphatic carbocycles. The molecule has 0 atom stereocenters. The molecule has 1 aromatic heterocycles. The van der Waals surface area contributed by atoms with Gasteiger partial charge in [-0.25, -0.2) is 0 Å². The van der Waals surface area contributed by atoms with E-state index in [-0.39, 0.29) is 5.91 Å². The zero-order valence-corrected chi connectivity index (χ0v) is 11.9. The summed E-state index contributed by atoms with van der Waals surface area (Å²) in [4.78, 5) is 11.8. The lowest BCUT2D eigenvalue weighted by molar-refractivity contribution is -0.113. The molecule has 2 rings (SSSR count). The van der Waals surface area contributed by atoms with Crippen LogP contribution in [0.2, 0.25) is 0 Å². The molecule has 4 nitrogen and oxygen atoms in total. The Morgan fingerprint density at radius 2 is 2.11 bits per heavy atom. The molecule has 0 unspecified atom stereocenters. The number of thioether (sulfide) groups is 1. The molecule has 2 aromatic rings. The van der Waals surface area contributed by atoms with Crippen LogP contribution in [0.1, 0.15) is 11.3 Å². The second-order valence-corrected chi connectivity index (χ2v) is 5.31. The van der Waals surface area contributed by atoms with Crippen molar-refractivity contribution in [3.8, 4) is 0 Å². The maximum Gasteiger partial charge on any atom is 0.235 e. The summed E-state index contributed by atoms with van der Waals surface area (Å²) in [5.41, 5.74) is 2.13. The van der Waals surface area contributed by atoms with Crippen LogP contribution >= 0.6 is 11.8 Å². The fourth-order valence-corrected chi connectivity index (χ4v) is 2.53. The number of carbonyl (C=O) groups excluding carboxylic acids is 1. The number of hydrogen-bond acceptors (Lipinski definition) is 3. The average Bonchev–Trinajstić information content (AvgIpc) is 2.69. The van der Waals surface area contributed by atoms with Crippen LogP contribution in [0.5, 0.6) is 0 Å². The van der Waals surface area contributed by atoms with E-state index in [0.717, 1.165) is 17.3 Å². The van der Waals surface area contributed by atoms with Gasteiger partial charge >= 0.3 is 0 Å². The largest absolute Gasteiger partial charge is 0.310 e. The first-order valence-electron chi connectivity index (χ1n) is 6.07. The number of benzene rings is 1. The Kier molecular flexibility index (Phi) is 4.63. The molecular formula is C14H17N3OS. The van der Waals surface area contributed by atoms with Crippen LogP contribution in [0.25, 0.3) is 0 Å². The van der Waals surface area contributed by atoms with E-state index in [1.807, 2.05) is 38.2 Å². The van der Waals surface area contributed by atoms with Gasteiger partial charge in [0, 0.05) is 18.9 Å². The van der Waals surface area contributed by atoms with Crippen molar-refractivity contribution in [3.63, 3.8) is 0 Å². The summed E-state index contributed by atoms with van der Waals surface area (Å²) in [5.74, 6) is 2.03. The summed E-state index contributed by atoms with van der Waals surface area (Å²) in [7, 11) is 1.82. The number of rotatable bonds is 5. The lowest BCUT2D eigenvalue weighted by atomic mass is 10.2. The first kappa shape index (κ1) is 13.7. The van der Waals surface area contributed by atoms with Crippen molar-refractivity contribution in [2.24, 2.45) is 7.05 Å². The van der Waals surface area contributed by atoms with E-state index in [1.165, 1.54) is 5.56 Å². The number of anilines is 1.